The number of aryl methyl sites for hydroxylation is 1. The predicted octanol–water partition coefficient (Wildman–Crippen LogP) is 2.29. The van der Waals surface area contributed by atoms with Crippen molar-refractivity contribution in [2.75, 3.05) is 26.8 Å². The Morgan fingerprint density at radius 3 is 2.63 bits per heavy atom. The van der Waals surface area contributed by atoms with Gasteiger partial charge in [0.25, 0.3) is 0 Å². The molecule has 1 atom stereocenters. The lowest BCUT2D eigenvalue weighted by molar-refractivity contribution is 0.150. The molecule has 0 saturated carbocycles. The second-order valence-corrected chi connectivity index (χ2v) is 6.83. The number of benzene rings is 1. The molecule has 1 aromatic rings. The number of piperidine rings is 1. The van der Waals surface area contributed by atoms with E-state index in [2.05, 4.69) is 5.32 Å². The highest BCUT2D eigenvalue weighted by molar-refractivity contribution is 7.86. The first-order valence-corrected chi connectivity index (χ1v) is 7.51. The Morgan fingerprint density at radius 2 is 2.05 bits per heavy atom. The number of nitrogens with one attached hydrogen (secondary N) is 1. The number of methoxy groups -OCH3 is 1. The lowest BCUT2D eigenvalue weighted by Gasteiger charge is -2.36. The summed E-state index contributed by atoms with van der Waals surface area (Å²) in [4.78, 5) is 0.925. The Bertz CT molecular complexity index is 428. The monoisotopic (exact) mass is 303 g/mol. The summed E-state index contributed by atoms with van der Waals surface area (Å²) in [5, 5.41) is 3.33. The van der Waals surface area contributed by atoms with Crippen LogP contribution in [0.15, 0.2) is 29.2 Å². The molecular weight excluding hydrogens is 282 g/mol. The minimum absolute atomic E-state index is 0. The molecule has 0 aromatic heterocycles. The van der Waals surface area contributed by atoms with Gasteiger partial charge < -0.3 is 10.1 Å². The van der Waals surface area contributed by atoms with E-state index in [4.69, 9.17) is 4.74 Å². The third kappa shape index (κ3) is 3.78. The fraction of sp³-hybridized carbons (Fsp3) is 0.571. The fourth-order valence-electron chi connectivity index (χ4n) is 2.51. The summed E-state index contributed by atoms with van der Waals surface area (Å²) in [6.07, 6.45) is 1.81. The third-order valence-corrected chi connectivity index (χ3v) is 5.51. The second kappa shape index (κ2) is 7.39. The fourth-order valence-corrected chi connectivity index (χ4v) is 4.30. The van der Waals surface area contributed by atoms with Crippen molar-refractivity contribution >= 4 is 23.2 Å². The third-order valence-electron chi connectivity index (χ3n) is 3.52. The minimum Gasteiger partial charge on any atom is -0.383 e. The minimum atomic E-state index is -1.00. The standard InChI is InChI=1S/C14H21NO2S.ClH/c1-12-4-3-5-13(10-12)18(16)14(11-17-2)6-8-15-9-7-14;/h3-5,10,15H,6-9,11H2,1-2H3;1H. The van der Waals surface area contributed by atoms with Crippen molar-refractivity contribution in [2.45, 2.75) is 29.4 Å². The zero-order valence-electron chi connectivity index (χ0n) is 11.5. The normalized spacial score (nSPS) is 19.5. The lowest BCUT2D eigenvalue weighted by atomic mass is 9.98. The van der Waals surface area contributed by atoms with Crippen LogP contribution < -0.4 is 5.32 Å². The Kier molecular flexibility index (Phi) is 6.47. The predicted molar refractivity (Wildman–Crippen MR) is 81.5 cm³/mol. The Morgan fingerprint density at radius 1 is 1.37 bits per heavy atom. The zero-order valence-corrected chi connectivity index (χ0v) is 13.1. The highest BCUT2D eigenvalue weighted by Gasteiger charge is 2.39. The van der Waals surface area contributed by atoms with Gasteiger partial charge >= 0.3 is 0 Å². The van der Waals surface area contributed by atoms with E-state index in [9.17, 15) is 4.21 Å². The molecule has 0 bridgehead atoms. The average molecular weight is 304 g/mol. The molecule has 2 rings (SSSR count). The maximum absolute atomic E-state index is 12.9. The maximum Gasteiger partial charge on any atom is 0.0762 e. The molecule has 5 heteroatoms. The summed E-state index contributed by atoms with van der Waals surface area (Å²) in [7, 11) is 0.688. The van der Waals surface area contributed by atoms with E-state index < -0.39 is 10.8 Å². The highest BCUT2D eigenvalue weighted by Crippen LogP contribution is 2.31. The van der Waals surface area contributed by atoms with E-state index >= 15 is 0 Å². The van der Waals surface area contributed by atoms with Crippen molar-refractivity contribution in [3.05, 3.63) is 29.8 Å². The zero-order chi connectivity index (χ0) is 13.0. The molecule has 0 amide bonds. The molecule has 0 spiro atoms. The van der Waals surface area contributed by atoms with Crippen LogP contribution in [0, 0.1) is 6.92 Å². The van der Waals surface area contributed by atoms with Crippen LogP contribution in [-0.2, 0) is 15.5 Å². The molecule has 19 heavy (non-hydrogen) atoms. The van der Waals surface area contributed by atoms with Gasteiger partial charge in [-0.3, -0.25) is 4.21 Å². The average Bonchev–Trinajstić information content (AvgIpc) is 2.39. The molecule has 1 aliphatic heterocycles. The Hall–Kier alpha value is -0.420. The summed E-state index contributed by atoms with van der Waals surface area (Å²) in [6, 6.07) is 7.99. The molecule has 0 aliphatic carbocycles. The van der Waals surface area contributed by atoms with Crippen molar-refractivity contribution in [3.8, 4) is 0 Å². The molecule has 0 radical (unpaired) electrons. The van der Waals surface area contributed by atoms with Crippen molar-refractivity contribution < 1.29 is 8.95 Å². The van der Waals surface area contributed by atoms with Gasteiger partial charge in [0.05, 0.1) is 22.2 Å². The number of ether oxygens (including phenoxy) is 1. The van der Waals surface area contributed by atoms with Crippen molar-refractivity contribution in [1.29, 1.82) is 0 Å². The molecule has 1 saturated heterocycles. The van der Waals surface area contributed by atoms with E-state index in [-0.39, 0.29) is 17.2 Å². The molecule has 3 nitrogen and oxygen atoms in total. The molecule has 1 unspecified atom stereocenters. The molecule has 1 aromatic carbocycles. The molecule has 1 fully saturated rings. The van der Waals surface area contributed by atoms with Crippen LogP contribution >= 0.6 is 12.4 Å². The highest BCUT2D eigenvalue weighted by atomic mass is 35.5. The van der Waals surface area contributed by atoms with Crippen LogP contribution in [0.4, 0.5) is 0 Å². The summed E-state index contributed by atoms with van der Waals surface area (Å²) in [6.45, 7) is 4.43. The first-order chi connectivity index (χ1) is 8.68. The summed E-state index contributed by atoms with van der Waals surface area (Å²) in [5.41, 5.74) is 1.15. The van der Waals surface area contributed by atoms with Gasteiger partial charge in [-0.15, -0.1) is 12.4 Å². The SMILES string of the molecule is COCC1(S(=O)c2cccc(C)c2)CCNCC1.Cl. The molecular formula is C14H22ClNO2S. The molecule has 1 N–H and O–H groups in total. The van der Waals surface area contributed by atoms with E-state index in [0.29, 0.717) is 6.61 Å². The quantitative estimate of drug-likeness (QED) is 0.927. The molecule has 108 valence electrons. The van der Waals surface area contributed by atoms with Crippen LogP contribution in [0.3, 0.4) is 0 Å². The maximum atomic E-state index is 12.9. The van der Waals surface area contributed by atoms with Crippen LogP contribution in [0.25, 0.3) is 0 Å². The van der Waals surface area contributed by atoms with Crippen LogP contribution in [0.2, 0.25) is 0 Å². The van der Waals surface area contributed by atoms with Gasteiger partial charge in [-0.1, -0.05) is 12.1 Å². The van der Waals surface area contributed by atoms with E-state index in [0.717, 1.165) is 36.4 Å². The smallest absolute Gasteiger partial charge is 0.0762 e. The summed E-state index contributed by atoms with van der Waals surface area (Å²) in [5.74, 6) is 0. The van der Waals surface area contributed by atoms with Gasteiger partial charge in [0, 0.05) is 12.0 Å². The van der Waals surface area contributed by atoms with E-state index in [1.54, 1.807) is 7.11 Å². The number of hydrogen-bond acceptors (Lipinski definition) is 3. The number of halogens is 1. The van der Waals surface area contributed by atoms with E-state index in [1.165, 1.54) is 0 Å². The Balaban J connectivity index is 0.00000180. The van der Waals surface area contributed by atoms with Gasteiger partial charge in [0.2, 0.25) is 0 Å². The van der Waals surface area contributed by atoms with Gasteiger partial charge in [-0.05, 0) is 50.6 Å². The van der Waals surface area contributed by atoms with Crippen LogP contribution in [-0.4, -0.2) is 35.8 Å². The Labute approximate surface area is 124 Å². The topological polar surface area (TPSA) is 38.3 Å². The second-order valence-electron chi connectivity index (χ2n) is 4.95. The molecule has 1 aliphatic rings. The van der Waals surface area contributed by atoms with Crippen molar-refractivity contribution in [2.24, 2.45) is 0 Å². The molecule has 1 heterocycles. The van der Waals surface area contributed by atoms with E-state index in [1.807, 2.05) is 31.2 Å². The van der Waals surface area contributed by atoms with Crippen molar-refractivity contribution in [1.82, 2.24) is 5.32 Å². The summed E-state index contributed by atoms with van der Waals surface area (Å²) < 4.78 is 18.0. The number of rotatable bonds is 4. The largest absolute Gasteiger partial charge is 0.383 e. The summed E-state index contributed by atoms with van der Waals surface area (Å²) >= 11 is 0. The lowest BCUT2D eigenvalue weighted by Crippen LogP contribution is -2.48. The first kappa shape index (κ1) is 16.6. The number of hydrogen-bond donors (Lipinski definition) is 1. The van der Waals surface area contributed by atoms with Gasteiger partial charge in [-0.25, -0.2) is 0 Å². The van der Waals surface area contributed by atoms with Crippen LogP contribution in [0.1, 0.15) is 18.4 Å². The van der Waals surface area contributed by atoms with Crippen LogP contribution in [0.5, 0.6) is 0 Å². The van der Waals surface area contributed by atoms with Gasteiger partial charge in [0.1, 0.15) is 0 Å². The van der Waals surface area contributed by atoms with Gasteiger partial charge in [-0.2, -0.15) is 0 Å². The first-order valence-electron chi connectivity index (χ1n) is 6.36. The van der Waals surface area contributed by atoms with Gasteiger partial charge in [0.15, 0.2) is 0 Å². The van der Waals surface area contributed by atoms with Crippen molar-refractivity contribution in [3.63, 3.8) is 0 Å².